The van der Waals surface area contributed by atoms with Crippen molar-refractivity contribution in [1.82, 2.24) is 0 Å². The number of hydrogen-bond donors (Lipinski definition) is 1. The number of nitrogens with one attached hydrogen (secondary N) is 1. The van der Waals surface area contributed by atoms with Crippen molar-refractivity contribution in [2.75, 3.05) is 19.0 Å². The Balaban J connectivity index is 1.95. The first-order valence-corrected chi connectivity index (χ1v) is 6.79. The van der Waals surface area contributed by atoms with Gasteiger partial charge in [0.15, 0.2) is 6.61 Å². The Kier molecular flexibility index (Phi) is 5.06. The van der Waals surface area contributed by atoms with Crippen LogP contribution in [0, 0.1) is 6.92 Å². The van der Waals surface area contributed by atoms with Crippen molar-refractivity contribution in [1.29, 1.82) is 0 Å². The van der Waals surface area contributed by atoms with Crippen LogP contribution in [-0.2, 0) is 4.79 Å². The highest BCUT2D eigenvalue weighted by Crippen LogP contribution is 2.25. The minimum Gasteiger partial charge on any atom is -0.495 e. The second kappa shape index (κ2) is 6.99. The van der Waals surface area contributed by atoms with Gasteiger partial charge in [0.1, 0.15) is 11.5 Å². The number of ether oxygens (including phenoxy) is 2. The average molecular weight is 306 g/mol. The molecule has 21 heavy (non-hydrogen) atoms. The minimum atomic E-state index is -0.256. The number of hydrogen-bond acceptors (Lipinski definition) is 3. The molecule has 0 aliphatic heterocycles. The third kappa shape index (κ3) is 4.39. The number of methoxy groups -OCH3 is 1. The molecule has 2 rings (SSSR count). The fourth-order valence-corrected chi connectivity index (χ4v) is 1.91. The summed E-state index contributed by atoms with van der Waals surface area (Å²) in [6, 6.07) is 12.4. The lowest BCUT2D eigenvalue weighted by Gasteiger charge is -2.11. The van der Waals surface area contributed by atoms with Gasteiger partial charge in [-0.3, -0.25) is 4.79 Å². The van der Waals surface area contributed by atoms with Gasteiger partial charge in [-0.2, -0.15) is 0 Å². The Morgan fingerprint density at radius 1 is 1.19 bits per heavy atom. The first-order valence-electron chi connectivity index (χ1n) is 6.41. The van der Waals surface area contributed by atoms with Crippen molar-refractivity contribution < 1.29 is 14.3 Å². The summed E-state index contributed by atoms with van der Waals surface area (Å²) in [5.41, 5.74) is 1.66. The molecule has 0 fully saturated rings. The van der Waals surface area contributed by atoms with Crippen molar-refractivity contribution in [3.8, 4) is 11.5 Å². The van der Waals surface area contributed by atoms with Gasteiger partial charge >= 0.3 is 0 Å². The molecule has 0 bridgehead atoms. The van der Waals surface area contributed by atoms with Crippen LogP contribution in [0.2, 0.25) is 5.02 Å². The fraction of sp³-hybridized carbons (Fsp3) is 0.188. The Labute approximate surface area is 128 Å². The maximum Gasteiger partial charge on any atom is 0.262 e. The molecule has 2 aromatic rings. The van der Waals surface area contributed by atoms with E-state index < -0.39 is 0 Å². The Bertz CT molecular complexity index is 626. The zero-order valence-electron chi connectivity index (χ0n) is 11.9. The van der Waals surface area contributed by atoms with Gasteiger partial charge in [0.25, 0.3) is 5.91 Å². The van der Waals surface area contributed by atoms with Crippen LogP contribution in [0.3, 0.4) is 0 Å². The molecule has 5 heteroatoms. The van der Waals surface area contributed by atoms with Crippen molar-refractivity contribution in [3.05, 3.63) is 53.1 Å². The number of benzene rings is 2. The molecule has 0 heterocycles. The minimum absolute atomic E-state index is 0.0846. The number of aryl methyl sites for hydroxylation is 1. The van der Waals surface area contributed by atoms with E-state index in [0.29, 0.717) is 22.2 Å². The molecule has 0 saturated heterocycles. The van der Waals surface area contributed by atoms with Crippen LogP contribution >= 0.6 is 11.6 Å². The molecule has 110 valence electrons. The third-order valence-electron chi connectivity index (χ3n) is 2.81. The SMILES string of the molecule is COc1ccc(C)cc1NC(=O)COc1ccc(Cl)cc1. The summed E-state index contributed by atoms with van der Waals surface area (Å²) in [6.07, 6.45) is 0. The first-order chi connectivity index (χ1) is 10.1. The maximum absolute atomic E-state index is 11.9. The Hall–Kier alpha value is -2.20. The van der Waals surface area contributed by atoms with Gasteiger partial charge in [-0.15, -0.1) is 0 Å². The molecular weight excluding hydrogens is 290 g/mol. The van der Waals surface area contributed by atoms with Crippen LogP contribution < -0.4 is 14.8 Å². The standard InChI is InChI=1S/C16H16ClNO3/c1-11-3-8-15(20-2)14(9-11)18-16(19)10-21-13-6-4-12(17)5-7-13/h3-9H,10H2,1-2H3,(H,18,19). The molecule has 0 atom stereocenters. The summed E-state index contributed by atoms with van der Waals surface area (Å²) < 4.78 is 10.6. The molecule has 0 unspecified atom stereocenters. The molecule has 1 N–H and O–H groups in total. The number of carbonyl (C=O) groups is 1. The zero-order valence-corrected chi connectivity index (χ0v) is 12.6. The quantitative estimate of drug-likeness (QED) is 0.916. The van der Waals surface area contributed by atoms with E-state index in [4.69, 9.17) is 21.1 Å². The molecule has 1 amide bonds. The number of anilines is 1. The Morgan fingerprint density at radius 3 is 2.57 bits per heavy atom. The van der Waals surface area contributed by atoms with E-state index in [1.54, 1.807) is 31.4 Å². The topological polar surface area (TPSA) is 47.6 Å². The second-order valence-electron chi connectivity index (χ2n) is 4.49. The molecule has 2 aromatic carbocycles. The van der Waals surface area contributed by atoms with Crippen LogP contribution in [0.5, 0.6) is 11.5 Å². The van der Waals surface area contributed by atoms with Crippen LogP contribution in [0.1, 0.15) is 5.56 Å². The van der Waals surface area contributed by atoms with Crippen LogP contribution in [0.25, 0.3) is 0 Å². The van der Waals surface area contributed by atoms with Crippen molar-refractivity contribution in [2.24, 2.45) is 0 Å². The molecule has 0 saturated carbocycles. The van der Waals surface area contributed by atoms with Gasteiger partial charge in [-0.25, -0.2) is 0 Å². The molecule has 0 aliphatic rings. The predicted molar refractivity (Wildman–Crippen MR) is 83.3 cm³/mol. The highest BCUT2D eigenvalue weighted by molar-refractivity contribution is 6.30. The van der Waals surface area contributed by atoms with Gasteiger partial charge in [0.05, 0.1) is 12.8 Å². The second-order valence-corrected chi connectivity index (χ2v) is 4.93. The molecule has 0 spiro atoms. The summed E-state index contributed by atoms with van der Waals surface area (Å²) in [7, 11) is 1.56. The summed E-state index contributed by atoms with van der Waals surface area (Å²) >= 11 is 5.78. The highest BCUT2D eigenvalue weighted by atomic mass is 35.5. The first kappa shape index (κ1) is 15.2. The van der Waals surface area contributed by atoms with Gasteiger partial charge in [0.2, 0.25) is 0 Å². The molecule has 4 nitrogen and oxygen atoms in total. The van der Waals surface area contributed by atoms with Gasteiger partial charge in [-0.1, -0.05) is 17.7 Å². The van der Waals surface area contributed by atoms with E-state index in [1.165, 1.54) is 0 Å². The van der Waals surface area contributed by atoms with E-state index in [9.17, 15) is 4.79 Å². The van der Waals surface area contributed by atoms with Crippen molar-refractivity contribution in [3.63, 3.8) is 0 Å². The summed E-state index contributed by atoms with van der Waals surface area (Å²) in [5, 5.41) is 3.39. The Morgan fingerprint density at radius 2 is 1.90 bits per heavy atom. The number of rotatable bonds is 5. The summed E-state index contributed by atoms with van der Waals surface area (Å²) in [4.78, 5) is 11.9. The molecule has 0 aromatic heterocycles. The number of amides is 1. The van der Waals surface area contributed by atoms with Gasteiger partial charge < -0.3 is 14.8 Å². The third-order valence-corrected chi connectivity index (χ3v) is 3.06. The number of halogens is 1. The predicted octanol–water partition coefficient (Wildman–Crippen LogP) is 3.67. The molecular formula is C16H16ClNO3. The summed E-state index contributed by atoms with van der Waals surface area (Å²) in [6.45, 7) is 1.86. The van der Waals surface area contributed by atoms with E-state index in [2.05, 4.69) is 5.32 Å². The largest absolute Gasteiger partial charge is 0.495 e. The monoisotopic (exact) mass is 305 g/mol. The van der Waals surface area contributed by atoms with E-state index in [-0.39, 0.29) is 12.5 Å². The van der Waals surface area contributed by atoms with Crippen molar-refractivity contribution in [2.45, 2.75) is 6.92 Å². The van der Waals surface area contributed by atoms with Crippen LogP contribution in [-0.4, -0.2) is 19.6 Å². The fourth-order valence-electron chi connectivity index (χ4n) is 1.79. The van der Waals surface area contributed by atoms with Crippen LogP contribution in [0.4, 0.5) is 5.69 Å². The van der Waals surface area contributed by atoms with E-state index >= 15 is 0 Å². The van der Waals surface area contributed by atoms with Gasteiger partial charge in [-0.05, 0) is 48.9 Å². The summed E-state index contributed by atoms with van der Waals surface area (Å²) in [5.74, 6) is 0.944. The normalized spacial score (nSPS) is 10.0. The number of carbonyl (C=O) groups excluding carboxylic acids is 1. The van der Waals surface area contributed by atoms with Crippen LogP contribution in [0.15, 0.2) is 42.5 Å². The lowest BCUT2D eigenvalue weighted by atomic mass is 10.2. The molecule has 0 radical (unpaired) electrons. The zero-order chi connectivity index (χ0) is 15.2. The van der Waals surface area contributed by atoms with Crippen molar-refractivity contribution >= 4 is 23.2 Å². The van der Waals surface area contributed by atoms with Gasteiger partial charge in [0, 0.05) is 5.02 Å². The highest BCUT2D eigenvalue weighted by Gasteiger charge is 2.08. The average Bonchev–Trinajstić information content (AvgIpc) is 2.47. The van der Waals surface area contributed by atoms with E-state index in [0.717, 1.165) is 5.56 Å². The lowest BCUT2D eigenvalue weighted by Crippen LogP contribution is -2.20. The van der Waals surface area contributed by atoms with E-state index in [1.807, 2.05) is 25.1 Å². The smallest absolute Gasteiger partial charge is 0.262 e. The lowest BCUT2D eigenvalue weighted by molar-refractivity contribution is -0.118. The maximum atomic E-state index is 11.9. The molecule has 0 aliphatic carbocycles.